The molecule has 2 heterocycles. The van der Waals surface area contributed by atoms with Crippen LogP contribution in [0.25, 0.3) is 22.2 Å². The van der Waals surface area contributed by atoms with E-state index in [-0.39, 0.29) is 0 Å². The minimum absolute atomic E-state index is 0.647. The summed E-state index contributed by atoms with van der Waals surface area (Å²) in [5.41, 5.74) is 9.59. The molecule has 0 aliphatic heterocycles. The number of fused-ring (bicyclic) bond motifs is 1. The molecule has 0 bridgehead atoms. The molecule has 0 amide bonds. The molecule has 2 N–H and O–H groups in total. The van der Waals surface area contributed by atoms with E-state index in [1.807, 2.05) is 25.2 Å². The molecule has 1 aromatic carbocycles. The lowest BCUT2D eigenvalue weighted by Crippen LogP contribution is -1.98. The van der Waals surface area contributed by atoms with E-state index in [0.29, 0.717) is 5.82 Å². The lowest BCUT2D eigenvalue weighted by Gasteiger charge is -2.02. The largest absolute Gasteiger partial charge is 0.383 e. The topological polar surface area (TPSA) is 69.6 Å². The summed E-state index contributed by atoms with van der Waals surface area (Å²) >= 11 is 0. The third kappa shape index (κ3) is 1.52. The number of aryl methyl sites for hydroxylation is 1. The van der Waals surface area contributed by atoms with Crippen LogP contribution in [0.15, 0.2) is 36.8 Å². The van der Waals surface area contributed by atoms with Gasteiger partial charge in [0.05, 0.1) is 17.2 Å². The average molecular weight is 225 g/mol. The first kappa shape index (κ1) is 9.77. The van der Waals surface area contributed by atoms with Crippen LogP contribution in [0.2, 0.25) is 0 Å². The molecule has 0 saturated carbocycles. The zero-order valence-corrected chi connectivity index (χ0v) is 9.33. The van der Waals surface area contributed by atoms with Gasteiger partial charge in [-0.3, -0.25) is 14.6 Å². The number of benzene rings is 1. The predicted octanol–water partition coefficient (Wildman–Crippen LogP) is 1.61. The molecule has 0 spiro atoms. The standard InChI is InChI=1S/C12H11N5/c1-17-12(13)9(7-16-17)8-2-3-10-11(6-8)15-5-4-14-10/h2-7H,13H2,1H3. The number of nitrogens with two attached hydrogens (primary N) is 1. The van der Waals surface area contributed by atoms with Gasteiger partial charge in [0.1, 0.15) is 5.82 Å². The van der Waals surface area contributed by atoms with E-state index in [2.05, 4.69) is 15.1 Å². The summed E-state index contributed by atoms with van der Waals surface area (Å²) in [6.45, 7) is 0. The highest BCUT2D eigenvalue weighted by Crippen LogP contribution is 2.26. The average Bonchev–Trinajstić information content (AvgIpc) is 2.70. The first-order chi connectivity index (χ1) is 8.25. The van der Waals surface area contributed by atoms with Gasteiger partial charge in [-0.15, -0.1) is 0 Å². The Balaban J connectivity index is 2.21. The van der Waals surface area contributed by atoms with Crippen molar-refractivity contribution in [3.8, 4) is 11.1 Å². The smallest absolute Gasteiger partial charge is 0.129 e. The maximum atomic E-state index is 5.94. The highest BCUT2D eigenvalue weighted by molar-refractivity contribution is 5.83. The molecule has 17 heavy (non-hydrogen) atoms. The van der Waals surface area contributed by atoms with E-state index in [1.54, 1.807) is 23.3 Å². The van der Waals surface area contributed by atoms with E-state index < -0.39 is 0 Å². The SMILES string of the molecule is Cn1ncc(-c2ccc3nccnc3c2)c1N. The fraction of sp³-hybridized carbons (Fsp3) is 0.0833. The summed E-state index contributed by atoms with van der Waals surface area (Å²) < 4.78 is 1.65. The summed E-state index contributed by atoms with van der Waals surface area (Å²) in [6, 6.07) is 5.88. The summed E-state index contributed by atoms with van der Waals surface area (Å²) in [5.74, 6) is 0.647. The van der Waals surface area contributed by atoms with Gasteiger partial charge in [-0.25, -0.2) is 0 Å². The third-order valence-corrected chi connectivity index (χ3v) is 2.76. The van der Waals surface area contributed by atoms with Crippen LogP contribution in [0, 0.1) is 0 Å². The van der Waals surface area contributed by atoms with E-state index in [1.165, 1.54) is 0 Å². The zero-order chi connectivity index (χ0) is 11.8. The van der Waals surface area contributed by atoms with Crippen molar-refractivity contribution >= 4 is 16.9 Å². The van der Waals surface area contributed by atoms with Gasteiger partial charge in [0.2, 0.25) is 0 Å². The molecule has 0 fully saturated rings. The van der Waals surface area contributed by atoms with Crippen molar-refractivity contribution in [1.29, 1.82) is 0 Å². The molecule has 2 aromatic heterocycles. The predicted molar refractivity (Wildman–Crippen MR) is 66.2 cm³/mol. The number of nitrogens with zero attached hydrogens (tertiary/aromatic N) is 4. The molecular weight excluding hydrogens is 214 g/mol. The lowest BCUT2D eigenvalue weighted by atomic mass is 10.1. The Kier molecular flexibility index (Phi) is 2.04. The van der Waals surface area contributed by atoms with Gasteiger partial charge in [-0.2, -0.15) is 5.10 Å². The number of aromatic nitrogens is 4. The number of nitrogen functional groups attached to an aromatic ring is 1. The van der Waals surface area contributed by atoms with Crippen LogP contribution in [0.1, 0.15) is 0 Å². The van der Waals surface area contributed by atoms with E-state index in [0.717, 1.165) is 22.2 Å². The van der Waals surface area contributed by atoms with Gasteiger partial charge in [0, 0.05) is 25.0 Å². The minimum atomic E-state index is 0.647. The molecule has 3 rings (SSSR count). The Morgan fingerprint density at radius 2 is 1.88 bits per heavy atom. The molecule has 0 unspecified atom stereocenters. The number of anilines is 1. The lowest BCUT2D eigenvalue weighted by molar-refractivity contribution is 0.779. The van der Waals surface area contributed by atoms with Gasteiger partial charge in [-0.1, -0.05) is 6.07 Å². The minimum Gasteiger partial charge on any atom is -0.383 e. The highest BCUT2D eigenvalue weighted by atomic mass is 15.3. The molecule has 5 nitrogen and oxygen atoms in total. The molecule has 0 atom stereocenters. The van der Waals surface area contributed by atoms with Crippen LogP contribution in [0.5, 0.6) is 0 Å². The summed E-state index contributed by atoms with van der Waals surface area (Å²) in [6.07, 6.45) is 5.12. The van der Waals surface area contributed by atoms with Crippen LogP contribution < -0.4 is 5.73 Å². The Morgan fingerprint density at radius 3 is 2.59 bits per heavy atom. The van der Waals surface area contributed by atoms with Crippen LogP contribution >= 0.6 is 0 Å². The highest BCUT2D eigenvalue weighted by Gasteiger charge is 2.08. The molecular formula is C12H11N5. The maximum Gasteiger partial charge on any atom is 0.129 e. The van der Waals surface area contributed by atoms with Gasteiger partial charge >= 0.3 is 0 Å². The van der Waals surface area contributed by atoms with Crippen LogP contribution in [-0.4, -0.2) is 19.7 Å². The van der Waals surface area contributed by atoms with Gasteiger partial charge in [0.25, 0.3) is 0 Å². The first-order valence-electron chi connectivity index (χ1n) is 5.24. The molecule has 0 radical (unpaired) electrons. The molecule has 84 valence electrons. The Labute approximate surface area is 97.9 Å². The molecule has 0 aliphatic carbocycles. The number of hydrogen-bond acceptors (Lipinski definition) is 4. The zero-order valence-electron chi connectivity index (χ0n) is 9.33. The Morgan fingerprint density at radius 1 is 1.12 bits per heavy atom. The molecule has 0 saturated heterocycles. The van der Waals surface area contributed by atoms with Crippen molar-refractivity contribution in [2.24, 2.45) is 7.05 Å². The van der Waals surface area contributed by atoms with Crippen molar-refractivity contribution in [3.63, 3.8) is 0 Å². The van der Waals surface area contributed by atoms with Crippen molar-refractivity contribution in [2.75, 3.05) is 5.73 Å². The fourth-order valence-corrected chi connectivity index (χ4v) is 1.80. The molecule has 3 aromatic rings. The van der Waals surface area contributed by atoms with Crippen molar-refractivity contribution in [3.05, 3.63) is 36.8 Å². The van der Waals surface area contributed by atoms with E-state index >= 15 is 0 Å². The van der Waals surface area contributed by atoms with Crippen LogP contribution in [0.4, 0.5) is 5.82 Å². The fourth-order valence-electron chi connectivity index (χ4n) is 1.80. The van der Waals surface area contributed by atoms with E-state index in [4.69, 9.17) is 5.73 Å². The number of hydrogen-bond donors (Lipinski definition) is 1. The van der Waals surface area contributed by atoms with Crippen LogP contribution in [-0.2, 0) is 7.05 Å². The summed E-state index contributed by atoms with van der Waals surface area (Å²) in [4.78, 5) is 8.50. The van der Waals surface area contributed by atoms with Crippen molar-refractivity contribution < 1.29 is 0 Å². The second kappa shape index (κ2) is 3.55. The Hall–Kier alpha value is -2.43. The maximum absolute atomic E-state index is 5.94. The van der Waals surface area contributed by atoms with Crippen molar-refractivity contribution in [2.45, 2.75) is 0 Å². The number of rotatable bonds is 1. The molecule has 0 aliphatic rings. The van der Waals surface area contributed by atoms with Crippen LogP contribution in [0.3, 0.4) is 0 Å². The normalized spacial score (nSPS) is 10.9. The van der Waals surface area contributed by atoms with E-state index in [9.17, 15) is 0 Å². The Bertz CT molecular complexity index is 686. The quantitative estimate of drug-likeness (QED) is 0.683. The van der Waals surface area contributed by atoms with Gasteiger partial charge in [-0.05, 0) is 17.7 Å². The molecule has 5 heteroatoms. The second-order valence-corrected chi connectivity index (χ2v) is 3.83. The monoisotopic (exact) mass is 225 g/mol. The summed E-state index contributed by atoms with van der Waals surface area (Å²) in [7, 11) is 1.82. The first-order valence-corrected chi connectivity index (χ1v) is 5.24. The second-order valence-electron chi connectivity index (χ2n) is 3.83. The summed E-state index contributed by atoms with van der Waals surface area (Å²) in [5, 5.41) is 4.13. The van der Waals surface area contributed by atoms with Gasteiger partial charge < -0.3 is 5.73 Å². The van der Waals surface area contributed by atoms with Crippen molar-refractivity contribution in [1.82, 2.24) is 19.7 Å². The van der Waals surface area contributed by atoms with Gasteiger partial charge in [0.15, 0.2) is 0 Å². The third-order valence-electron chi connectivity index (χ3n) is 2.76.